The topological polar surface area (TPSA) is 121 Å². The molecule has 0 saturated heterocycles. The van der Waals surface area contributed by atoms with Crippen molar-refractivity contribution in [3.63, 3.8) is 0 Å². The van der Waals surface area contributed by atoms with E-state index in [4.69, 9.17) is 32.7 Å². The highest BCUT2D eigenvalue weighted by Crippen LogP contribution is 2.37. The Labute approximate surface area is 198 Å². The predicted octanol–water partition coefficient (Wildman–Crippen LogP) is 5.14. The highest BCUT2D eigenvalue weighted by Gasteiger charge is 2.17. The van der Waals surface area contributed by atoms with E-state index in [0.29, 0.717) is 27.0 Å². The Balaban J connectivity index is 1.46. The molecule has 0 aliphatic heterocycles. The van der Waals surface area contributed by atoms with E-state index in [0.717, 1.165) is 5.69 Å². The number of aliphatic hydroxyl groups is 1. The van der Waals surface area contributed by atoms with Crippen LogP contribution < -0.4 is 4.74 Å². The summed E-state index contributed by atoms with van der Waals surface area (Å²) in [6.45, 7) is 0.774. The predicted molar refractivity (Wildman–Crippen MR) is 124 cm³/mol. The number of para-hydroxylation sites is 2. The molecule has 2 aromatic carbocycles. The first-order valence-electron chi connectivity index (χ1n) is 9.68. The fourth-order valence-corrected chi connectivity index (χ4v) is 3.72. The maximum Gasteiger partial charge on any atom is 0.344 e. The fourth-order valence-electron chi connectivity index (χ4n) is 3.15. The van der Waals surface area contributed by atoms with Crippen LogP contribution in [-0.4, -0.2) is 39.2 Å². The smallest absolute Gasteiger partial charge is 0.344 e. The van der Waals surface area contributed by atoms with Crippen molar-refractivity contribution >= 4 is 56.7 Å². The number of imidazole rings is 1. The number of fused-ring (bicyclic) bond motifs is 2. The molecule has 0 atom stereocenters. The van der Waals surface area contributed by atoms with Gasteiger partial charge in [-0.05, 0) is 37.3 Å². The van der Waals surface area contributed by atoms with Gasteiger partial charge in [-0.3, -0.25) is 0 Å². The Hall–Kier alpha value is -3.80. The SMILES string of the molecule is Cc1ccc2c(Cl)cc(Cl)c(OCC(=O)OC/C(O)=C(\C#N)c3nc4ccccc4[nH]3)c2n1. The summed E-state index contributed by atoms with van der Waals surface area (Å²) in [6.07, 6.45) is 0. The molecule has 33 heavy (non-hydrogen) atoms. The Morgan fingerprint density at radius 2 is 1.94 bits per heavy atom. The van der Waals surface area contributed by atoms with E-state index in [-0.39, 0.29) is 22.2 Å². The third kappa shape index (κ3) is 4.70. The van der Waals surface area contributed by atoms with Gasteiger partial charge in [-0.1, -0.05) is 35.3 Å². The van der Waals surface area contributed by atoms with Gasteiger partial charge in [-0.25, -0.2) is 14.8 Å². The van der Waals surface area contributed by atoms with Crippen LogP contribution in [0.1, 0.15) is 11.5 Å². The Morgan fingerprint density at radius 1 is 1.15 bits per heavy atom. The number of halogens is 2. The number of aromatic nitrogens is 3. The standard InChI is InChI=1S/C23H16Cl2N4O4/c1-12-6-7-13-15(24)8-16(25)22(21(13)27-12)33-11-20(31)32-10-19(30)14(9-26)23-28-17-4-2-3-5-18(17)29-23/h2-8,30H,10-11H2,1H3,(H,28,29)/b19-14-. The first-order valence-corrected chi connectivity index (χ1v) is 10.4. The molecule has 2 N–H and O–H groups in total. The van der Waals surface area contributed by atoms with E-state index in [1.165, 1.54) is 6.07 Å². The molecule has 2 heterocycles. The summed E-state index contributed by atoms with van der Waals surface area (Å²) in [5.41, 5.74) is 2.34. The summed E-state index contributed by atoms with van der Waals surface area (Å²) in [6, 6.07) is 14.1. The number of hydrogen-bond acceptors (Lipinski definition) is 7. The highest BCUT2D eigenvalue weighted by atomic mass is 35.5. The average Bonchev–Trinajstić information content (AvgIpc) is 3.21. The highest BCUT2D eigenvalue weighted by molar-refractivity contribution is 6.39. The third-order valence-corrected chi connectivity index (χ3v) is 5.30. The van der Waals surface area contributed by atoms with Crippen LogP contribution in [0.2, 0.25) is 10.0 Å². The number of benzene rings is 2. The molecule has 0 aliphatic carbocycles. The third-order valence-electron chi connectivity index (χ3n) is 4.71. The van der Waals surface area contributed by atoms with Crippen molar-refractivity contribution in [1.29, 1.82) is 5.26 Å². The molecule has 0 saturated carbocycles. The van der Waals surface area contributed by atoms with Crippen LogP contribution in [0.15, 0.2) is 48.2 Å². The number of aryl methyl sites for hydroxylation is 1. The number of nitrogens with zero attached hydrogens (tertiary/aromatic N) is 3. The largest absolute Gasteiger partial charge is 0.507 e. The minimum absolute atomic E-state index is 0.133. The van der Waals surface area contributed by atoms with Crippen molar-refractivity contribution in [2.24, 2.45) is 0 Å². The summed E-state index contributed by atoms with van der Waals surface area (Å²) >= 11 is 12.5. The Kier molecular flexibility index (Phi) is 6.36. The number of carbonyl (C=O) groups is 1. The number of H-pyrrole nitrogens is 1. The van der Waals surface area contributed by atoms with Gasteiger partial charge in [0.25, 0.3) is 0 Å². The van der Waals surface area contributed by atoms with Crippen molar-refractivity contribution in [1.82, 2.24) is 15.0 Å². The number of esters is 1. The van der Waals surface area contributed by atoms with Crippen LogP contribution in [0.3, 0.4) is 0 Å². The van der Waals surface area contributed by atoms with Crippen LogP contribution in [0.25, 0.3) is 27.5 Å². The van der Waals surface area contributed by atoms with Crippen molar-refractivity contribution in [3.8, 4) is 11.8 Å². The summed E-state index contributed by atoms with van der Waals surface area (Å²) in [4.78, 5) is 23.8. The maximum atomic E-state index is 12.2. The van der Waals surface area contributed by atoms with Crippen molar-refractivity contribution in [3.05, 3.63) is 69.8 Å². The number of hydrogen-bond donors (Lipinski definition) is 2. The zero-order valence-corrected chi connectivity index (χ0v) is 18.7. The fraction of sp³-hybridized carbons (Fsp3) is 0.130. The number of allylic oxidation sites excluding steroid dienone is 1. The van der Waals surface area contributed by atoms with Crippen LogP contribution in [0.4, 0.5) is 0 Å². The summed E-state index contributed by atoms with van der Waals surface area (Å²) in [7, 11) is 0. The second kappa shape index (κ2) is 9.36. The van der Waals surface area contributed by atoms with Gasteiger partial charge >= 0.3 is 5.97 Å². The molecule has 8 nitrogen and oxygen atoms in total. The second-order valence-corrected chi connectivity index (χ2v) is 7.82. The van der Waals surface area contributed by atoms with Gasteiger partial charge in [0.1, 0.15) is 23.8 Å². The quantitative estimate of drug-likeness (QED) is 0.221. The van der Waals surface area contributed by atoms with Gasteiger partial charge < -0.3 is 19.6 Å². The van der Waals surface area contributed by atoms with Crippen molar-refractivity contribution in [2.45, 2.75) is 6.92 Å². The number of nitriles is 1. The van der Waals surface area contributed by atoms with Crippen LogP contribution in [0, 0.1) is 18.3 Å². The van der Waals surface area contributed by atoms with Gasteiger partial charge in [0.2, 0.25) is 0 Å². The monoisotopic (exact) mass is 482 g/mol. The number of carbonyl (C=O) groups excluding carboxylic acids is 1. The lowest BCUT2D eigenvalue weighted by Gasteiger charge is -2.12. The molecule has 4 rings (SSSR count). The Bertz CT molecular complexity index is 1420. The average molecular weight is 483 g/mol. The Morgan fingerprint density at radius 3 is 2.70 bits per heavy atom. The van der Waals surface area contributed by atoms with Gasteiger partial charge in [-0.2, -0.15) is 5.26 Å². The molecule has 2 aromatic heterocycles. The first-order chi connectivity index (χ1) is 15.9. The first kappa shape index (κ1) is 22.4. The number of ether oxygens (including phenoxy) is 2. The lowest BCUT2D eigenvalue weighted by atomic mass is 10.2. The normalized spacial score (nSPS) is 11.8. The molecular weight excluding hydrogens is 467 g/mol. The molecule has 0 fully saturated rings. The van der Waals surface area contributed by atoms with Crippen molar-refractivity contribution in [2.75, 3.05) is 13.2 Å². The minimum Gasteiger partial charge on any atom is -0.507 e. The molecular formula is C23H16Cl2N4O4. The zero-order valence-electron chi connectivity index (χ0n) is 17.2. The molecule has 10 heteroatoms. The minimum atomic E-state index is -0.782. The number of aliphatic hydroxyl groups excluding tert-OH is 1. The van der Waals surface area contributed by atoms with Crippen LogP contribution >= 0.6 is 23.2 Å². The lowest BCUT2D eigenvalue weighted by Crippen LogP contribution is -2.17. The van der Waals surface area contributed by atoms with Gasteiger partial charge in [-0.15, -0.1) is 0 Å². The van der Waals surface area contributed by atoms with Crippen LogP contribution in [-0.2, 0) is 9.53 Å². The molecule has 166 valence electrons. The van der Waals surface area contributed by atoms with Gasteiger partial charge in [0.15, 0.2) is 23.9 Å². The molecule has 0 unspecified atom stereocenters. The zero-order chi connectivity index (χ0) is 23.5. The molecule has 0 spiro atoms. The van der Waals surface area contributed by atoms with E-state index < -0.39 is 24.9 Å². The molecule has 0 aliphatic rings. The number of nitrogens with one attached hydrogen (secondary N) is 1. The van der Waals surface area contributed by atoms with Gasteiger partial charge in [0, 0.05) is 11.1 Å². The van der Waals surface area contributed by atoms with E-state index in [9.17, 15) is 15.2 Å². The lowest BCUT2D eigenvalue weighted by molar-refractivity contribution is -0.145. The maximum absolute atomic E-state index is 12.2. The number of pyridine rings is 1. The van der Waals surface area contributed by atoms with E-state index in [2.05, 4.69) is 15.0 Å². The summed E-state index contributed by atoms with van der Waals surface area (Å²) in [5, 5.41) is 21.0. The van der Waals surface area contributed by atoms with E-state index in [1.54, 1.807) is 37.3 Å². The van der Waals surface area contributed by atoms with E-state index in [1.807, 2.05) is 12.1 Å². The summed E-state index contributed by atoms with van der Waals surface area (Å²) in [5.74, 6) is -0.867. The molecule has 0 radical (unpaired) electrons. The van der Waals surface area contributed by atoms with Crippen molar-refractivity contribution < 1.29 is 19.4 Å². The van der Waals surface area contributed by atoms with Gasteiger partial charge in [0.05, 0.1) is 21.1 Å². The molecule has 0 bridgehead atoms. The number of rotatable bonds is 6. The van der Waals surface area contributed by atoms with Crippen LogP contribution in [0.5, 0.6) is 5.75 Å². The summed E-state index contributed by atoms with van der Waals surface area (Å²) < 4.78 is 10.6. The molecule has 0 amide bonds. The second-order valence-electron chi connectivity index (χ2n) is 7.00. The number of aromatic amines is 1. The van der Waals surface area contributed by atoms with E-state index >= 15 is 0 Å². The molecule has 4 aromatic rings.